The molecule has 2 aliphatic heterocycles. The van der Waals surface area contributed by atoms with Gasteiger partial charge in [-0.15, -0.1) is 11.3 Å². The summed E-state index contributed by atoms with van der Waals surface area (Å²) < 4.78 is 52.0. The SMILES string of the molecule is CCOC(=O)c1csc(NC[C@H]2CC[C@@H]3[C@H](O2)c2cc(C(F)(F)F)ccc2N[C@H]3c2ccccc2)n1. The van der Waals surface area contributed by atoms with Crippen molar-refractivity contribution in [1.82, 2.24) is 4.98 Å². The number of carbonyl (C=O) groups excluding carboxylic acids is 1. The van der Waals surface area contributed by atoms with E-state index in [9.17, 15) is 18.0 Å². The molecular weight excluding hydrogens is 491 g/mol. The normalized spacial score (nSPS) is 23.2. The van der Waals surface area contributed by atoms with Crippen LogP contribution in [0.25, 0.3) is 0 Å². The molecule has 0 radical (unpaired) electrons. The van der Waals surface area contributed by atoms with Crippen molar-refractivity contribution in [2.24, 2.45) is 5.92 Å². The monoisotopic (exact) mass is 517 g/mol. The number of hydrogen-bond acceptors (Lipinski definition) is 7. The molecule has 3 aromatic rings. The number of anilines is 2. The predicted octanol–water partition coefficient (Wildman–Crippen LogP) is 6.45. The first-order chi connectivity index (χ1) is 17.3. The Morgan fingerprint density at radius 3 is 2.78 bits per heavy atom. The molecule has 0 amide bonds. The highest BCUT2D eigenvalue weighted by Gasteiger charge is 2.43. The minimum absolute atomic E-state index is 0.0186. The summed E-state index contributed by atoms with van der Waals surface area (Å²) in [4.78, 5) is 16.1. The van der Waals surface area contributed by atoms with Gasteiger partial charge in [0.15, 0.2) is 10.8 Å². The van der Waals surface area contributed by atoms with Gasteiger partial charge in [0.25, 0.3) is 0 Å². The number of thiazole rings is 1. The van der Waals surface area contributed by atoms with Crippen molar-refractivity contribution in [3.05, 3.63) is 76.3 Å². The zero-order valence-electron chi connectivity index (χ0n) is 19.5. The van der Waals surface area contributed by atoms with Crippen LogP contribution < -0.4 is 10.6 Å². The quantitative estimate of drug-likeness (QED) is 0.366. The molecule has 0 spiro atoms. The van der Waals surface area contributed by atoms with Crippen molar-refractivity contribution >= 4 is 28.1 Å². The molecule has 36 heavy (non-hydrogen) atoms. The molecule has 6 nitrogen and oxygen atoms in total. The molecule has 0 bridgehead atoms. The lowest BCUT2D eigenvalue weighted by Gasteiger charge is -2.46. The standard InChI is InChI=1S/C26H26F3N3O3S/c1-2-34-24(33)21-14-36-25(32-21)30-13-17-9-10-18-22(15-6-4-3-5-7-15)31-20-11-8-16(26(27,28)29)12-19(20)23(18)35-17/h3-8,11-12,14,17-18,22-23,31H,2,9-10,13H2,1H3,(H,30,32)/t17-,18+,22+,23+/m1/s1. The van der Waals surface area contributed by atoms with Crippen molar-refractivity contribution in [2.75, 3.05) is 23.8 Å². The van der Waals surface area contributed by atoms with Crippen molar-refractivity contribution in [3.63, 3.8) is 0 Å². The topological polar surface area (TPSA) is 72.5 Å². The molecule has 0 saturated carbocycles. The molecule has 2 aliphatic rings. The predicted molar refractivity (Wildman–Crippen MR) is 131 cm³/mol. The molecule has 2 aromatic carbocycles. The number of carbonyl (C=O) groups is 1. The Balaban J connectivity index is 1.36. The number of ether oxygens (including phenoxy) is 2. The molecular formula is C26H26F3N3O3S. The van der Waals surface area contributed by atoms with E-state index in [2.05, 4.69) is 15.6 Å². The third-order valence-electron chi connectivity index (χ3n) is 6.60. The number of nitrogens with zero attached hydrogens (tertiary/aromatic N) is 1. The highest BCUT2D eigenvalue weighted by atomic mass is 32.1. The Hall–Kier alpha value is -3.11. The van der Waals surface area contributed by atoms with E-state index >= 15 is 0 Å². The fourth-order valence-electron chi connectivity index (χ4n) is 4.93. The van der Waals surface area contributed by atoms with Gasteiger partial charge in [0.2, 0.25) is 0 Å². The lowest BCUT2D eigenvalue weighted by molar-refractivity contribution is -0.138. The molecule has 1 aromatic heterocycles. The minimum atomic E-state index is -4.43. The van der Waals surface area contributed by atoms with Gasteiger partial charge in [-0.2, -0.15) is 13.2 Å². The van der Waals surface area contributed by atoms with Crippen molar-refractivity contribution in [2.45, 2.75) is 44.2 Å². The maximum Gasteiger partial charge on any atom is 0.416 e. The average Bonchev–Trinajstić information content (AvgIpc) is 3.36. The number of hydrogen-bond donors (Lipinski definition) is 2. The maximum absolute atomic E-state index is 13.5. The highest BCUT2D eigenvalue weighted by Crippen LogP contribution is 2.51. The van der Waals surface area contributed by atoms with Crippen molar-refractivity contribution in [1.29, 1.82) is 0 Å². The highest BCUT2D eigenvalue weighted by molar-refractivity contribution is 7.13. The Labute approximate surface area is 210 Å². The number of aromatic nitrogens is 1. The van der Waals surface area contributed by atoms with Crippen LogP contribution in [0.3, 0.4) is 0 Å². The maximum atomic E-state index is 13.5. The molecule has 10 heteroatoms. The van der Waals surface area contributed by atoms with Gasteiger partial charge in [-0.25, -0.2) is 9.78 Å². The third-order valence-corrected chi connectivity index (χ3v) is 7.40. The second kappa shape index (κ2) is 10.1. The van der Waals surface area contributed by atoms with E-state index in [0.29, 0.717) is 22.9 Å². The Morgan fingerprint density at radius 1 is 1.22 bits per heavy atom. The Morgan fingerprint density at radius 2 is 2.03 bits per heavy atom. The summed E-state index contributed by atoms with van der Waals surface area (Å²) >= 11 is 1.29. The Kier molecular flexibility index (Phi) is 6.90. The lowest BCUT2D eigenvalue weighted by Crippen LogP contribution is -2.41. The second-order valence-corrected chi connectivity index (χ2v) is 9.75. The van der Waals surface area contributed by atoms with E-state index in [4.69, 9.17) is 9.47 Å². The third kappa shape index (κ3) is 5.05. The van der Waals surface area contributed by atoms with Crippen LogP contribution in [0.15, 0.2) is 53.9 Å². The van der Waals surface area contributed by atoms with Crippen LogP contribution in [0.4, 0.5) is 24.0 Å². The van der Waals surface area contributed by atoms with E-state index in [-0.39, 0.29) is 30.4 Å². The van der Waals surface area contributed by atoms with Crippen LogP contribution in [0.2, 0.25) is 0 Å². The Bertz CT molecular complexity index is 1220. The zero-order valence-corrected chi connectivity index (χ0v) is 20.4. The molecule has 5 rings (SSSR count). The largest absolute Gasteiger partial charge is 0.461 e. The number of fused-ring (bicyclic) bond motifs is 3. The van der Waals surface area contributed by atoms with Crippen LogP contribution in [0.5, 0.6) is 0 Å². The van der Waals surface area contributed by atoms with E-state index < -0.39 is 23.8 Å². The fourth-order valence-corrected chi connectivity index (χ4v) is 5.62. The van der Waals surface area contributed by atoms with Crippen LogP contribution >= 0.6 is 11.3 Å². The summed E-state index contributed by atoms with van der Waals surface area (Å²) in [5.74, 6) is -0.493. The smallest absolute Gasteiger partial charge is 0.416 e. The first-order valence-electron chi connectivity index (χ1n) is 11.9. The van der Waals surface area contributed by atoms with Gasteiger partial charge in [-0.1, -0.05) is 30.3 Å². The van der Waals surface area contributed by atoms with E-state index in [1.807, 2.05) is 30.3 Å². The van der Waals surface area contributed by atoms with Gasteiger partial charge in [-0.05, 0) is 43.5 Å². The summed E-state index contributed by atoms with van der Waals surface area (Å²) in [7, 11) is 0. The van der Waals surface area contributed by atoms with Gasteiger partial charge in [0.1, 0.15) is 0 Å². The molecule has 0 aliphatic carbocycles. The van der Waals surface area contributed by atoms with Gasteiger partial charge < -0.3 is 20.1 Å². The molecule has 1 saturated heterocycles. The number of nitrogens with one attached hydrogen (secondary N) is 2. The van der Waals surface area contributed by atoms with E-state index in [1.165, 1.54) is 23.5 Å². The minimum Gasteiger partial charge on any atom is -0.461 e. The average molecular weight is 518 g/mol. The van der Waals surface area contributed by atoms with Crippen LogP contribution in [0, 0.1) is 5.92 Å². The molecule has 190 valence electrons. The first kappa shape index (κ1) is 24.6. The molecule has 2 N–H and O–H groups in total. The first-order valence-corrected chi connectivity index (χ1v) is 12.8. The van der Waals surface area contributed by atoms with Crippen LogP contribution in [0.1, 0.15) is 59.1 Å². The number of benzene rings is 2. The van der Waals surface area contributed by atoms with E-state index in [0.717, 1.165) is 24.5 Å². The van der Waals surface area contributed by atoms with Gasteiger partial charge in [-0.3, -0.25) is 0 Å². The van der Waals surface area contributed by atoms with Crippen LogP contribution in [-0.2, 0) is 15.7 Å². The zero-order chi connectivity index (χ0) is 25.3. The van der Waals surface area contributed by atoms with Gasteiger partial charge >= 0.3 is 12.1 Å². The summed E-state index contributed by atoms with van der Waals surface area (Å²) in [5.41, 5.74) is 1.83. The summed E-state index contributed by atoms with van der Waals surface area (Å²) in [6, 6.07) is 13.7. The van der Waals surface area contributed by atoms with Gasteiger partial charge in [0, 0.05) is 29.1 Å². The molecule has 4 atom stereocenters. The van der Waals surface area contributed by atoms with Crippen molar-refractivity contribution < 1.29 is 27.4 Å². The van der Waals surface area contributed by atoms with Gasteiger partial charge in [0.05, 0.1) is 30.4 Å². The summed E-state index contributed by atoms with van der Waals surface area (Å²) in [6.45, 7) is 2.43. The lowest BCUT2D eigenvalue weighted by atomic mass is 9.76. The fraction of sp³-hybridized carbons (Fsp3) is 0.385. The summed E-state index contributed by atoms with van der Waals surface area (Å²) in [6.07, 6.45) is -3.62. The molecule has 0 unspecified atom stereocenters. The molecule has 1 fully saturated rings. The van der Waals surface area contributed by atoms with E-state index in [1.54, 1.807) is 12.3 Å². The number of rotatable bonds is 6. The van der Waals surface area contributed by atoms with Crippen molar-refractivity contribution in [3.8, 4) is 0 Å². The molecule has 3 heterocycles. The summed E-state index contributed by atoms with van der Waals surface area (Å²) in [5, 5.41) is 8.88. The number of alkyl halides is 3. The number of halogens is 3. The number of esters is 1. The second-order valence-electron chi connectivity index (χ2n) is 8.89. The van der Waals surface area contributed by atoms with Crippen LogP contribution in [-0.4, -0.2) is 30.2 Å².